The number of morpholine rings is 1. The van der Waals surface area contributed by atoms with Crippen LogP contribution in [0.2, 0.25) is 0 Å². The van der Waals surface area contributed by atoms with Gasteiger partial charge in [-0.1, -0.05) is 12.1 Å². The van der Waals surface area contributed by atoms with E-state index in [2.05, 4.69) is 15.5 Å². The van der Waals surface area contributed by atoms with Gasteiger partial charge >= 0.3 is 6.03 Å². The Morgan fingerprint density at radius 2 is 1.87 bits per heavy atom. The summed E-state index contributed by atoms with van der Waals surface area (Å²) in [7, 11) is 1.65. The molecule has 0 saturated carbocycles. The first-order chi connectivity index (χ1) is 11.3. The second-order valence-electron chi connectivity index (χ2n) is 5.59. The van der Waals surface area contributed by atoms with Gasteiger partial charge < -0.3 is 20.1 Å². The van der Waals surface area contributed by atoms with Gasteiger partial charge in [0.1, 0.15) is 5.75 Å². The van der Waals surface area contributed by atoms with E-state index in [0.29, 0.717) is 13.1 Å². The molecule has 0 unspecified atom stereocenters. The van der Waals surface area contributed by atoms with Crippen molar-refractivity contribution in [1.82, 2.24) is 15.5 Å². The van der Waals surface area contributed by atoms with Crippen molar-refractivity contribution < 1.29 is 14.3 Å². The first kappa shape index (κ1) is 17.6. The zero-order chi connectivity index (χ0) is 16.3. The van der Waals surface area contributed by atoms with Gasteiger partial charge in [-0.2, -0.15) is 0 Å². The fraction of sp³-hybridized carbons (Fsp3) is 0.588. The summed E-state index contributed by atoms with van der Waals surface area (Å²) >= 11 is 0. The Bertz CT molecular complexity index is 459. The SMILES string of the molecule is COc1ccc(CCNC(=O)NCCCN2CCOCC2)cc1. The molecule has 1 aromatic carbocycles. The fourth-order valence-electron chi connectivity index (χ4n) is 2.50. The summed E-state index contributed by atoms with van der Waals surface area (Å²) < 4.78 is 10.4. The lowest BCUT2D eigenvalue weighted by atomic mass is 10.1. The van der Waals surface area contributed by atoms with Crippen LogP contribution in [-0.4, -0.2) is 64.0 Å². The minimum absolute atomic E-state index is 0.0968. The zero-order valence-corrected chi connectivity index (χ0v) is 13.8. The van der Waals surface area contributed by atoms with Gasteiger partial charge in [0, 0.05) is 26.2 Å². The number of hydrogen-bond acceptors (Lipinski definition) is 4. The van der Waals surface area contributed by atoms with Gasteiger partial charge in [0.15, 0.2) is 0 Å². The molecule has 1 fully saturated rings. The number of benzene rings is 1. The summed E-state index contributed by atoms with van der Waals surface area (Å²) in [5.41, 5.74) is 1.18. The summed E-state index contributed by atoms with van der Waals surface area (Å²) in [4.78, 5) is 14.1. The van der Waals surface area contributed by atoms with E-state index in [-0.39, 0.29) is 6.03 Å². The molecule has 1 heterocycles. The molecule has 0 aliphatic carbocycles. The molecule has 23 heavy (non-hydrogen) atoms. The predicted octanol–water partition coefficient (Wildman–Crippen LogP) is 1.26. The first-order valence-corrected chi connectivity index (χ1v) is 8.22. The maximum atomic E-state index is 11.7. The zero-order valence-electron chi connectivity index (χ0n) is 13.8. The largest absolute Gasteiger partial charge is 0.497 e. The first-order valence-electron chi connectivity index (χ1n) is 8.22. The molecule has 1 saturated heterocycles. The number of nitrogens with zero attached hydrogens (tertiary/aromatic N) is 1. The van der Waals surface area contributed by atoms with E-state index in [4.69, 9.17) is 9.47 Å². The lowest BCUT2D eigenvalue weighted by Crippen LogP contribution is -2.40. The third kappa shape index (κ3) is 6.88. The van der Waals surface area contributed by atoms with Crippen molar-refractivity contribution in [3.05, 3.63) is 29.8 Å². The van der Waals surface area contributed by atoms with Gasteiger partial charge in [0.25, 0.3) is 0 Å². The highest BCUT2D eigenvalue weighted by atomic mass is 16.5. The van der Waals surface area contributed by atoms with E-state index in [9.17, 15) is 4.79 Å². The highest BCUT2D eigenvalue weighted by molar-refractivity contribution is 5.73. The van der Waals surface area contributed by atoms with Crippen molar-refractivity contribution in [1.29, 1.82) is 0 Å². The molecule has 1 aliphatic heterocycles. The van der Waals surface area contributed by atoms with Gasteiger partial charge in [-0.3, -0.25) is 4.90 Å². The van der Waals surface area contributed by atoms with Gasteiger partial charge in [0.2, 0.25) is 0 Å². The van der Waals surface area contributed by atoms with E-state index in [1.807, 2.05) is 24.3 Å². The maximum Gasteiger partial charge on any atom is 0.314 e. The number of ether oxygens (including phenoxy) is 2. The standard InChI is InChI=1S/C17H27N3O3/c1-22-16-5-3-15(4-6-16)7-9-19-17(21)18-8-2-10-20-11-13-23-14-12-20/h3-6H,2,7-14H2,1H3,(H2,18,19,21). The molecule has 0 aromatic heterocycles. The minimum atomic E-state index is -0.0968. The average molecular weight is 321 g/mol. The summed E-state index contributed by atoms with van der Waals surface area (Å²) in [6.45, 7) is 5.96. The average Bonchev–Trinajstić information content (AvgIpc) is 2.60. The summed E-state index contributed by atoms with van der Waals surface area (Å²) in [5.74, 6) is 0.847. The van der Waals surface area contributed by atoms with Crippen molar-refractivity contribution >= 4 is 6.03 Å². The number of amides is 2. The third-order valence-electron chi connectivity index (χ3n) is 3.90. The van der Waals surface area contributed by atoms with Gasteiger partial charge in [0.05, 0.1) is 20.3 Å². The third-order valence-corrected chi connectivity index (χ3v) is 3.90. The molecule has 0 spiro atoms. The Balaban J connectivity index is 1.50. The Labute approximate surface area is 138 Å². The van der Waals surface area contributed by atoms with E-state index in [1.165, 1.54) is 5.56 Å². The van der Waals surface area contributed by atoms with Crippen molar-refractivity contribution in [2.75, 3.05) is 53.0 Å². The number of rotatable bonds is 8. The lowest BCUT2D eigenvalue weighted by Gasteiger charge is -2.26. The van der Waals surface area contributed by atoms with E-state index in [1.54, 1.807) is 7.11 Å². The Kier molecular flexibility index (Phi) is 7.69. The Morgan fingerprint density at radius 1 is 1.17 bits per heavy atom. The van der Waals surface area contributed by atoms with Crippen LogP contribution in [0.3, 0.4) is 0 Å². The highest BCUT2D eigenvalue weighted by Crippen LogP contribution is 2.11. The highest BCUT2D eigenvalue weighted by Gasteiger charge is 2.09. The van der Waals surface area contributed by atoms with Crippen LogP contribution >= 0.6 is 0 Å². The van der Waals surface area contributed by atoms with E-state index >= 15 is 0 Å². The topological polar surface area (TPSA) is 62.8 Å². The fourth-order valence-corrected chi connectivity index (χ4v) is 2.50. The minimum Gasteiger partial charge on any atom is -0.497 e. The molecule has 0 atom stereocenters. The molecule has 2 amide bonds. The number of carbonyl (C=O) groups is 1. The number of urea groups is 1. The molecule has 6 heteroatoms. The number of hydrogen-bond donors (Lipinski definition) is 2. The molecule has 0 radical (unpaired) electrons. The molecule has 2 N–H and O–H groups in total. The smallest absolute Gasteiger partial charge is 0.314 e. The van der Waals surface area contributed by atoms with E-state index < -0.39 is 0 Å². The number of methoxy groups -OCH3 is 1. The number of carbonyl (C=O) groups excluding carboxylic acids is 1. The van der Waals surface area contributed by atoms with Gasteiger partial charge in [-0.25, -0.2) is 4.79 Å². The predicted molar refractivity (Wildman–Crippen MR) is 90.0 cm³/mol. The van der Waals surface area contributed by atoms with E-state index in [0.717, 1.165) is 51.4 Å². The molecular weight excluding hydrogens is 294 g/mol. The second-order valence-corrected chi connectivity index (χ2v) is 5.59. The Morgan fingerprint density at radius 3 is 2.57 bits per heavy atom. The van der Waals surface area contributed by atoms with Crippen LogP contribution in [0.25, 0.3) is 0 Å². The van der Waals surface area contributed by atoms with Crippen molar-refractivity contribution in [2.45, 2.75) is 12.8 Å². The van der Waals surface area contributed by atoms with Crippen molar-refractivity contribution in [3.8, 4) is 5.75 Å². The summed E-state index contributed by atoms with van der Waals surface area (Å²) in [6.07, 6.45) is 1.77. The molecule has 6 nitrogen and oxygen atoms in total. The van der Waals surface area contributed by atoms with Crippen LogP contribution in [0.15, 0.2) is 24.3 Å². The monoisotopic (exact) mass is 321 g/mol. The Hall–Kier alpha value is -1.79. The van der Waals surface area contributed by atoms with Gasteiger partial charge in [-0.15, -0.1) is 0 Å². The van der Waals surface area contributed by atoms with Crippen LogP contribution < -0.4 is 15.4 Å². The van der Waals surface area contributed by atoms with Crippen LogP contribution in [0.1, 0.15) is 12.0 Å². The molecule has 1 aliphatic rings. The normalized spacial score (nSPS) is 15.2. The lowest BCUT2D eigenvalue weighted by molar-refractivity contribution is 0.0375. The van der Waals surface area contributed by atoms with Crippen LogP contribution in [-0.2, 0) is 11.2 Å². The van der Waals surface area contributed by atoms with Gasteiger partial charge in [-0.05, 0) is 37.1 Å². The van der Waals surface area contributed by atoms with Crippen LogP contribution in [0, 0.1) is 0 Å². The quantitative estimate of drug-likeness (QED) is 0.708. The van der Waals surface area contributed by atoms with Crippen LogP contribution in [0.5, 0.6) is 5.75 Å². The summed E-state index contributed by atoms with van der Waals surface area (Å²) in [6, 6.07) is 7.80. The van der Waals surface area contributed by atoms with Crippen molar-refractivity contribution in [3.63, 3.8) is 0 Å². The summed E-state index contributed by atoms with van der Waals surface area (Å²) in [5, 5.41) is 5.78. The molecule has 1 aromatic rings. The van der Waals surface area contributed by atoms with Crippen LogP contribution in [0.4, 0.5) is 4.79 Å². The molecule has 2 rings (SSSR count). The molecular formula is C17H27N3O3. The van der Waals surface area contributed by atoms with Crippen molar-refractivity contribution in [2.24, 2.45) is 0 Å². The molecule has 128 valence electrons. The number of nitrogens with one attached hydrogen (secondary N) is 2. The molecule has 0 bridgehead atoms. The maximum absolute atomic E-state index is 11.7. The second kappa shape index (κ2) is 10.1.